The third-order valence-corrected chi connectivity index (χ3v) is 3.63. The van der Waals surface area contributed by atoms with E-state index in [1.165, 1.54) is 0 Å². The Balaban J connectivity index is 3.90. The summed E-state index contributed by atoms with van der Waals surface area (Å²) >= 11 is 0. The fourth-order valence-corrected chi connectivity index (χ4v) is 2.42. The molecule has 3 atom stereocenters. The number of carbonyl (C=O) groups is 1. The van der Waals surface area contributed by atoms with Crippen molar-refractivity contribution in [2.45, 2.75) is 51.4 Å². The summed E-state index contributed by atoms with van der Waals surface area (Å²) in [5.41, 5.74) is 0. The van der Waals surface area contributed by atoms with Gasteiger partial charge in [-0.1, -0.05) is 13.8 Å². The highest BCUT2D eigenvalue weighted by atomic mass is 16.3. The second-order valence-corrected chi connectivity index (χ2v) is 6.69. The van der Waals surface area contributed by atoms with Crippen LogP contribution >= 0.6 is 0 Å². The second-order valence-electron chi connectivity index (χ2n) is 6.69. The van der Waals surface area contributed by atoms with Gasteiger partial charge in [-0.25, -0.2) is 4.79 Å². The number of carbonyl (C=O) groups excluding carboxylic acids is 1. The summed E-state index contributed by atoms with van der Waals surface area (Å²) in [6, 6.07) is -1.36. The minimum Gasteiger partial charge on any atom is -0.394 e. The molecule has 2 amide bonds. The second kappa shape index (κ2) is 13.4. The van der Waals surface area contributed by atoms with Crippen molar-refractivity contribution in [1.82, 2.24) is 15.5 Å². The predicted octanol–water partition coefficient (Wildman–Crippen LogP) is -0.881. The zero-order valence-corrected chi connectivity index (χ0v) is 15.1. The molecule has 24 heavy (non-hydrogen) atoms. The molecule has 0 heterocycles. The standard InChI is InChI=1S/C16H35N3O5/c1-12(2)9-19(3)7-5-4-6-17-16(24)18-14(11-21)15(23)8-13(22)10-20/h12-15,20-23H,4-11H2,1-3H3,(H2,17,18,24)/t13-,14-,15-/m0/s1. The van der Waals surface area contributed by atoms with Gasteiger partial charge in [0.2, 0.25) is 0 Å². The van der Waals surface area contributed by atoms with E-state index in [1.807, 2.05) is 0 Å². The summed E-state index contributed by atoms with van der Waals surface area (Å²) < 4.78 is 0. The molecule has 0 aromatic carbocycles. The average Bonchev–Trinajstić information content (AvgIpc) is 2.51. The molecule has 8 nitrogen and oxygen atoms in total. The molecule has 0 aliphatic heterocycles. The van der Waals surface area contributed by atoms with Crippen molar-refractivity contribution in [3.8, 4) is 0 Å². The molecule has 0 aliphatic rings. The van der Waals surface area contributed by atoms with Crippen LogP contribution < -0.4 is 10.6 Å². The van der Waals surface area contributed by atoms with Gasteiger partial charge in [-0.15, -0.1) is 0 Å². The molecule has 0 radical (unpaired) electrons. The van der Waals surface area contributed by atoms with Crippen LogP contribution in [0, 0.1) is 5.92 Å². The molecule has 0 aliphatic carbocycles. The largest absolute Gasteiger partial charge is 0.394 e. The van der Waals surface area contributed by atoms with Gasteiger partial charge in [0.15, 0.2) is 0 Å². The average molecular weight is 349 g/mol. The maximum absolute atomic E-state index is 11.7. The molecule has 0 rings (SSSR count). The monoisotopic (exact) mass is 349 g/mol. The number of rotatable bonds is 13. The Morgan fingerprint density at radius 2 is 1.79 bits per heavy atom. The number of urea groups is 1. The van der Waals surface area contributed by atoms with E-state index in [2.05, 4.69) is 36.4 Å². The highest BCUT2D eigenvalue weighted by Crippen LogP contribution is 2.03. The van der Waals surface area contributed by atoms with Crippen molar-refractivity contribution in [1.29, 1.82) is 0 Å². The quantitative estimate of drug-likeness (QED) is 0.240. The number of unbranched alkanes of at least 4 members (excludes halogenated alkanes) is 1. The molecule has 0 spiro atoms. The number of aliphatic hydroxyl groups is 4. The number of hydrogen-bond donors (Lipinski definition) is 6. The fourth-order valence-electron chi connectivity index (χ4n) is 2.42. The molecule has 0 bridgehead atoms. The highest BCUT2D eigenvalue weighted by molar-refractivity contribution is 5.74. The van der Waals surface area contributed by atoms with E-state index in [0.29, 0.717) is 12.5 Å². The molecule has 8 heteroatoms. The normalized spacial score (nSPS) is 15.4. The zero-order valence-electron chi connectivity index (χ0n) is 15.1. The van der Waals surface area contributed by atoms with Crippen LogP contribution in [-0.2, 0) is 0 Å². The predicted molar refractivity (Wildman–Crippen MR) is 92.7 cm³/mol. The van der Waals surface area contributed by atoms with Crippen molar-refractivity contribution in [2.75, 3.05) is 39.9 Å². The van der Waals surface area contributed by atoms with Crippen molar-refractivity contribution in [3.05, 3.63) is 0 Å². The van der Waals surface area contributed by atoms with Gasteiger partial charge in [0, 0.05) is 19.5 Å². The Labute approximate surface area is 144 Å². The van der Waals surface area contributed by atoms with Gasteiger partial charge < -0.3 is 36.0 Å². The summed E-state index contributed by atoms with van der Waals surface area (Å²) in [5, 5.41) is 42.2. The van der Waals surface area contributed by atoms with E-state index < -0.39 is 37.5 Å². The Morgan fingerprint density at radius 3 is 2.33 bits per heavy atom. The van der Waals surface area contributed by atoms with E-state index in [9.17, 15) is 20.1 Å². The molecule has 0 fully saturated rings. The molecule has 0 saturated carbocycles. The van der Waals surface area contributed by atoms with Gasteiger partial charge in [-0.2, -0.15) is 0 Å². The van der Waals surface area contributed by atoms with Gasteiger partial charge >= 0.3 is 6.03 Å². The number of aliphatic hydroxyl groups excluding tert-OH is 4. The number of amides is 2. The fraction of sp³-hybridized carbons (Fsp3) is 0.938. The number of nitrogens with zero attached hydrogens (tertiary/aromatic N) is 1. The number of hydrogen-bond acceptors (Lipinski definition) is 6. The Kier molecular flexibility index (Phi) is 12.9. The van der Waals surface area contributed by atoms with Gasteiger partial charge in [0.05, 0.1) is 31.5 Å². The van der Waals surface area contributed by atoms with Crippen LogP contribution in [0.4, 0.5) is 4.79 Å². The van der Waals surface area contributed by atoms with E-state index in [0.717, 1.165) is 25.9 Å². The van der Waals surface area contributed by atoms with E-state index in [1.54, 1.807) is 0 Å². The third-order valence-electron chi connectivity index (χ3n) is 3.63. The maximum Gasteiger partial charge on any atom is 0.315 e. The van der Waals surface area contributed by atoms with Crippen LogP contribution in [0.3, 0.4) is 0 Å². The van der Waals surface area contributed by atoms with Crippen molar-refractivity contribution >= 4 is 6.03 Å². The minimum absolute atomic E-state index is 0.121. The Hall–Kier alpha value is -0.930. The lowest BCUT2D eigenvalue weighted by atomic mass is 10.1. The van der Waals surface area contributed by atoms with Crippen molar-refractivity contribution in [2.24, 2.45) is 5.92 Å². The van der Waals surface area contributed by atoms with Crippen molar-refractivity contribution < 1.29 is 25.2 Å². The van der Waals surface area contributed by atoms with Crippen LogP contribution in [0.5, 0.6) is 0 Å². The SMILES string of the molecule is CC(C)CN(C)CCCCNC(=O)N[C@@H](CO)[C@@H](O)C[C@H](O)CO. The lowest BCUT2D eigenvalue weighted by Gasteiger charge is -2.24. The smallest absolute Gasteiger partial charge is 0.315 e. The molecule has 0 unspecified atom stereocenters. The van der Waals surface area contributed by atoms with Crippen molar-refractivity contribution in [3.63, 3.8) is 0 Å². The number of nitrogens with one attached hydrogen (secondary N) is 2. The maximum atomic E-state index is 11.7. The van der Waals surface area contributed by atoms with Gasteiger partial charge in [-0.3, -0.25) is 0 Å². The highest BCUT2D eigenvalue weighted by Gasteiger charge is 2.22. The first-order valence-electron chi connectivity index (χ1n) is 8.60. The summed E-state index contributed by atoms with van der Waals surface area (Å²) in [6.45, 7) is 5.94. The molecular weight excluding hydrogens is 314 g/mol. The molecule has 144 valence electrons. The van der Waals surface area contributed by atoms with E-state index in [-0.39, 0.29) is 6.42 Å². The van der Waals surface area contributed by atoms with Gasteiger partial charge in [0.25, 0.3) is 0 Å². The van der Waals surface area contributed by atoms with E-state index >= 15 is 0 Å². The minimum atomic E-state index is -1.13. The first-order valence-corrected chi connectivity index (χ1v) is 8.60. The topological polar surface area (TPSA) is 125 Å². The summed E-state index contributed by atoms with van der Waals surface area (Å²) in [6.07, 6.45) is -0.525. The van der Waals surface area contributed by atoms with Crippen LogP contribution in [0.25, 0.3) is 0 Å². The summed E-state index contributed by atoms with van der Waals surface area (Å²) in [7, 11) is 2.08. The molecule has 0 aromatic rings. The lowest BCUT2D eigenvalue weighted by molar-refractivity contribution is 0.0185. The Morgan fingerprint density at radius 1 is 1.12 bits per heavy atom. The zero-order chi connectivity index (χ0) is 18.5. The van der Waals surface area contributed by atoms with Crippen LogP contribution in [0.2, 0.25) is 0 Å². The lowest BCUT2D eigenvalue weighted by Crippen LogP contribution is -2.50. The first-order chi connectivity index (χ1) is 11.3. The molecule has 6 N–H and O–H groups in total. The molecule has 0 saturated heterocycles. The van der Waals surface area contributed by atoms with Gasteiger partial charge in [-0.05, 0) is 32.4 Å². The first kappa shape index (κ1) is 23.1. The molecular formula is C16H35N3O5. The summed E-state index contributed by atoms with van der Waals surface area (Å²) in [5.74, 6) is 0.630. The molecule has 0 aromatic heterocycles. The third kappa shape index (κ3) is 11.6. The Bertz CT molecular complexity index is 331. The summed E-state index contributed by atoms with van der Waals surface area (Å²) in [4.78, 5) is 14.0. The van der Waals surface area contributed by atoms with Crippen LogP contribution in [-0.4, -0.2) is 89.5 Å². The van der Waals surface area contributed by atoms with Gasteiger partial charge in [0.1, 0.15) is 0 Å². The van der Waals surface area contributed by atoms with Crippen LogP contribution in [0.15, 0.2) is 0 Å². The van der Waals surface area contributed by atoms with Crippen LogP contribution in [0.1, 0.15) is 33.1 Å². The van der Waals surface area contributed by atoms with E-state index in [4.69, 9.17) is 5.11 Å².